The Morgan fingerprint density at radius 3 is 2.65 bits per heavy atom. The van der Waals surface area contributed by atoms with Gasteiger partial charge < -0.3 is 10.1 Å². The van der Waals surface area contributed by atoms with Crippen molar-refractivity contribution in [1.29, 1.82) is 0 Å². The number of carbonyl (C=O) groups excluding carboxylic acids is 2. The average Bonchev–Trinajstić information content (AvgIpc) is 3.36. The maximum absolute atomic E-state index is 12.6. The first-order chi connectivity index (χ1) is 15.1. The fourth-order valence-corrected chi connectivity index (χ4v) is 3.98. The first-order valence-electron chi connectivity index (χ1n) is 9.88. The first-order valence-corrected chi connectivity index (χ1v) is 10.8. The molecule has 0 radical (unpaired) electrons. The van der Waals surface area contributed by atoms with Gasteiger partial charge in [0.05, 0.1) is 18.7 Å². The first kappa shape index (κ1) is 20.6. The predicted molar refractivity (Wildman–Crippen MR) is 123 cm³/mol. The monoisotopic (exact) mass is 431 g/mol. The minimum Gasteiger partial charge on any atom is -0.463 e. The lowest BCUT2D eigenvalue weighted by atomic mass is 10.2. The molecular weight excluding hydrogens is 410 g/mol. The number of ether oxygens (including phenoxy) is 1. The van der Waals surface area contributed by atoms with Crippen LogP contribution in [0.25, 0.3) is 22.3 Å². The molecule has 0 unspecified atom stereocenters. The number of rotatable bonds is 7. The average molecular weight is 432 g/mol. The summed E-state index contributed by atoms with van der Waals surface area (Å²) in [6.07, 6.45) is 5.27. The van der Waals surface area contributed by atoms with Gasteiger partial charge in [-0.3, -0.25) is 9.20 Å². The summed E-state index contributed by atoms with van der Waals surface area (Å²) in [6.45, 7) is 2.11. The van der Waals surface area contributed by atoms with Gasteiger partial charge in [-0.1, -0.05) is 42.5 Å². The number of nitrogens with zero attached hydrogens (tertiary/aromatic N) is 2. The lowest BCUT2D eigenvalue weighted by molar-refractivity contribution is -0.137. The molecule has 6 nitrogen and oxygen atoms in total. The third-order valence-electron chi connectivity index (χ3n) is 4.59. The minimum atomic E-state index is -0.378. The zero-order valence-corrected chi connectivity index (χ0v) is 17.8. The van der Waals surface area contributed by atoms with Gasteiger partial charge in [0.2, 0.25) is 5.91 Å². The van der Waals surface area contributed by atoms with Crippen molar-refractivity contribution in [1.82, 2.24) is 9.38 Å². The molecule has 0 fully saturated rings. The molecule has 0 atom stereocenters. The van der Waals surface area contributed by atoms with E-state index in [1.807, 2.05) is 58.4 Å². The van der Waals surface area contributed by atoms with Crippen LogP contribution in [-0.2, 0) is 20.7 Å². The molecule has 156 valence electrons. The fourth-order valence-electron chi connectivity index (χ4n) is 3.11. The Bertz CT molecular complexity index is 1220. The number of fused-ring (bicyclic) bond motifs is 1. The van der Waals surface area contributed by atoms with Crippen LogP contribution < -0.4 is 5.32 Å². The fraction of sp³-hybridized carbons (Fsp3) is 0.125. The highest BCUT2D eigenvalue weighted by atomic mass is 32.1. The number of hydrogen-bond acceptors (Lipinski definition) is 5. The molecular formula is C24H21N3O3S. The number of benzene rings is 2. The molecule has 4 aromatic rings. The summed E-state index contributed by atoms with van der Waals surface area (Å²) in [7, 11) is 0. The molecule has 7 heteroatoms. The highest BCUT2D eigenvalue weighted by Crippen LogP contribution is 2.24. The van der Waals surface area contributed by atoms with Crippen LogP contribution in [0.4, 0.5) is 5.69 Å². The second-order valence-electron chi connectivity index (χ2n) is 6.80. The van der Waals surface area contributed by atoms with E-state index in [9.17, 15) is 9.59 Å². The van der Waals surface area contributed by atoms with Gasteiger partial charge in [-0.2, -0.15) is 0 Å². The molecule has 1 amide bonds. The predicted octanol–water partition coefficient (Wildman–Crippen LogP) is 4.82. The van der Waals surface area contributed by atoms with Gasteiger partial charge in [0.25, 0.3) is 0 Å². The van der Waals surface area contributed by atoms with Gasteiger partial charge in [0, 0.05) is 34.6 Å². The second-order valence-corrected chi connectivity index (χ2v) is 7.64. The van der Waals surface area contributed by atoms with Crippen molar-refractivity contribution in [3.05, 3.63) is 83.5 Å². The summed E-state index contributed by atoms with van der Waals surface area (Å²) in [5, 5.41) is 4.87. The number of carbonyl (C=O) groups is 2. The van der Waals surface area contributed by atoms with E-state index in [-0.39, 0.29) is 18.3 Å². The van der Waals surface area contributed by atoms with Crippen molar-refractivity contribution in [2.45, 2.75) is 13.3 Å². The number of hydrogen-bond donors (Lipinski definition) is 1. The Hall–Kier alpha value is -3.71. The molecule has 0 bridgehead atoms. The van der Waals surface area contributed by atoms with E-state index < -0.39 is 0 Å². The van der Waals surface area contributed by atoms with Gasteiger partial charge in [-0.25, -0.2) is 9.78 Å². The second kappa shape index (κ2) is 9.40. The van der Waals surface area contributed by atoms with Gasteiger partial charge in [0.1, 0.15) is 0 Å². The largest absolute Gasteiger partial charge is 0.463 e. The maximum atomic E-state index is 12.6. The van der Waals surface area contributed by atoms with Crippen molar-refractivity contribution in [3.63, 3.8) is 0 Å². The zero-order valence-electron chi connectivity index (χ0n) is 16.9. The molecule has 2 heterocycles. The molecule has 2 aromatic carbocycles. The van der Waals surface area contributed by atoms with E-state index in [1.165, 1.54) is 17.4 Å². The molecule has 4 rings (SSSR count). The Kier molecular flexibility index (Phi) is 6.24. The Morgan fingerprint density at radius 1 is 1.13 bits per heavy atom. The number of thiazole rings is 1. The van der Waals surface area contributed by atoms with Gasteiger partial charge >= 0.3 is 5.97 Å². The van der Waals surface area contributed by atoms with E-state index >= 15 is 0 Å². The number of nitrogens with one attached hydrogen (secondary N) is 1. The third-order valence-corrected chi connectivity index (χ3v) is 5.48. The molecule has 2 aromatic heterocycles. The summed E-state index contributed by atoms with van der Waals surface area (Å²) >= 11 is 1.52. The molecule has 0 aliphatic heterocycles. The summed E-state index contributed by atoms with van der Waals surface area (Å²) in [6, 6.07) is 17.2. The molecule has 1 N–H and O–H groups in total. The summed E-state index contributed by atoms with van der Waals surface area (Å²) in [5.74, 6) is -0.485. The Balaban J connectivity index is 1.40. The Labute approximate surface area is 183 Å². The SMILES string of the molecule is CCOC(=O)/C=C/c1ccc(NC(=O)Cc2csc3nc(-c4ccccc4)cn23)cc1. The van der Waals surface area contributed by atoms with Crippen molar-refractivity contribution in [2.24, 2.45) is 0 Å². The van der Waals surface area contributed by atoms with Crippen molar-refractivity contribution in [2.75, 3.05) is 11.9 Å². The van der Waals surface area contributed by atoms with Crippen LogP contribution in [0.3, 0.4) is 0 Å². The Morgan fingerprint density at radius 2 is 1.90 bits per heavy atom. The van der Waals surface area contributed by atoms with Crippen LogP contribution in [0.2, 0.25) is 0 Å². The molecule has 0 spiro atoms. The van der Waals surface area contributed by atoms with Crippen molar-refractivity contribution >= 4 is 39.9 Å². The minimum absolute atomic E-state index is 0.107. The third kappa shape index (κ3) is 5.07. The quantitative estimate of drug-likeness (QED) is 0.336. The van der Waals surface area contributed by atoms with Crippen LogP contribution in [0.15, 0.2) is 72.3 Å². The molecule has 0 saturated heterocycles. The van der Waals surface area contributed by atoms with E-state index in [2.05, 4.69) is 10.3 Å². The molecule has 0 saturated carbocycles. The highest BCUT2D eigenvalue weighted by Gasteiger charge is 2.12. The molecule has 0 aliphatic rings. The van der Waals surface area contributed by atoms with Gasteiger partial charge in [0.15, 0.2) is 4.96 Å². The van der Waals surface area contributed by atoms with E-state index in [4.69, 9.17) is 4.74 Å². The van der Waals surface area contributed by atoms with E-state index in [0.717, 1.165) is 27.5 Å². The maximum Gasteiger partial charge on any atom is 0.330 e. The molecule has 31 heavy (non-hydrogen) atoms. The standard InChI is InChI=1S/C24H21N3O3S/c1-2-30-23(29)13-10-17-8-11-19(12-9-17)25-22(28)14-20-16-31-24-26-21(15-27(20)24)18-6-4-3-5-7-18/h3-13,15-16H,2,14H2,1H3,(H,25,28)/b13-10+. The summed E-state index contributed by atoms with van der Waals surface area (Å²) in [4.78, 5) is 29.5. The highest BCUT2D eigenvalue weighted by molar-refractivity contribution is 7.15. The lowest BCUT2D eigenvalue weighted by Crippen LogP contribution is -2.15. The van der Waals surface area contributed by atoms with Crippen LogP contribution in [0.1, 0.15) is 18.2 Å². The number of imidazole rings is 1. The zero-order chi connectivity index (χ0) is 21.6. The van der Waals surface area contributed by atoms with Gasteiger partial charge in [-0.15, -0.1) is 11.3 Å². The van der Waals surface area contributed by atoms with Crippen LogP contribution in [0.5, 0.6) is 0 Å². The van der Waals surface area contributed by atoms with Crippen LogP contribution >= 0.6 is 11.3 Å². The topological polar surface area (TPSA) is 72.7 Å². The van der Waals surface area contributed by atoms with Crippen LogP contribution in [-0.4, -0.2) is 27.9 Å². The number of esters is 1. The van der Waals surface area contributed by atoms with Crippen molar-refractivity contribution in [3.8, 4) is 11.3 Å². The number of amides is 1. The summed E-state index contributed by atoms with van der Waals surface area (Å²) < 4.78 is 6.83. The number of aromatic nitrogens is 2. The smallest absolute Gasteiger partial charge is 0.330 e. The van der Waals surface area contributed by atoms with E-state index in [0.29, 0.717) is 12.3 Å². The normalized spacial score (nSPS) is 11.1. The molecule has 0 aliphatic carbocycles. The van der Waals surface area contributed by atoms with Gasteiger partial charge in [-0.05, 0) is 30.7 Å². The number of anilines is 1. The van der Waals surface area contributed by atoms with Crippen LogP contribution in [0, 0.1) is 0 Å². The summed E-state index contributed by atoms with van der Waals surface area (Å²) in [5.41, 5.74) is 4.37. The lowest BCUT2D eigenvalue weighted by Gasteiger charge is -2.05. The van der Waals surface area contributed by atoms with E-state index in [1.54, 1.807) is 25.1 Å². The van der Waals surface area contributed by atoms with Crippen molar-refractivity contribution < 1.29 is 14.3 Å².